The fourth-order valence-corrected chi connectivity index (χ4v) is 5.55. The summed E-state index contributed by atoms with van der Waals surface area (Å²) < 4.78 is 33.9. The van der Waals surface area contributed by atoms with Crippen LogP contribution < -0.4 is 14.8 Å². The number of hydrogen-bond acceptors (Lipinski definition) is 7. The molecule has 29 heavy (non-hydrogen) atoms. The zero-order chi connectivity index (χ0) is 21.0. The summed E-state index contributed by atoms with van der Waals surface area (Å²) in [6, 6.07) is 3.81. The van der Waals surface area contributed by atoms with Crippen LogP contribution in [0.2, 0.25) is 0 Å². The van der Waals surface area contributed by atoms with Crippen molar-refractivity contribution in [3.05, 3.63) is 23.8 Å². The van der Waals surface area contributed by atoms with Crippen molar-refractivity contribution in [1.29, 1.82) is 0 Å². The summed E-state index contributed by atoms with van der Waals surface area (Å²) in [5, 5.41) is 2.64. The molecule has 0 aromatic heterocycles. The van der Waals surface area contributed by atoms with Gasteiger partial charge in [0.1, 0.15) is 12.1 Å². The Morgan fingerprint density at radius 2 is 2.03 bits per heavy atom. The molecule has 3 aliphatic rings. The molecule has 0 aliphatic carbocycles. The van der Waals surface area contributed by atoms with Gasteiger partial charge in [-0.2, -0.15) is 0 Å². The van der Waals surface area contributed by atoms with Crippen LogP contribution in [0.3, 0.4) is 0 Å². The third-order valence-corrected chi connectivity index (χ3v) is 7.42. The number of fused-ring (bicyclic) bond motifs is 1. The van der Waals surface area contributed by atoms with Gasteiger partial charge in [-0.1, -0.05) is 6.07 Å². The number of likely N-dealkylation sites (N-methyl/N-ethyl adjacent to an activating group) is 1. The summed E-state index contributed by atoms with van der Waals surface area (Å²) in [5.41, 5.74) is -0.849. The molecule has 0 saturated carbocycles. The SMILES string of the molecule is CN(C(=O)CN1C(=O)N[C@@](C)(c2ccc3c(c2)OCO3)C1=O)[C@@H]1CCS(=O)(=O)C1. The lowest BCUT2D eigenvalue weighted by molar-refractivity contribution is -0.139. The van der Waals surface area contributed by atoms with Gasteiger partial charge in [-0.3, -0.25) is 14.5 Å². The summed E-state index contributed by atoms with van der Waals surface area (Å²) >= 11 is 0. The number of benzene rings is 1. The highest BCUT2D eigenvalue weighted by Gasteiger charge is 2.50. The van der Waals surface area contributed by atoms with E-state index in [0.29, 0.717) is 23.5 Å². The lowest BCUT2D eigenvalue weighted by Gasteiger charge is -2.26. The Hall–Kier alpha value is -2.82. The van der Waals surface area contributed by atoms with Crippen LogP contribution in [0, 0.1) is 0 Å². The Morgan fingerprint density at radius 1 is 1.31 bits per heavy atom. The van der Waals surface area contributed by atoms with Crippen LogP contribution in [0.4, 0.5) is 4.79 Å². The van der Waals surface area contributed by atoms with Crippen LogP contribution in [0.25, 0.3) is 0 Å². The summed E-state index contributed by atoms with van der Waals surface area (Å²) in [5.74, 6) is -0.116. The molecule has 1 aromatic carbocycles. The predicted molar refractivity (Wildman–Crippen MR) is 100.0 cm³/mol. The molecule has 0 bridgehead atoms. The van der Waals surface area contributed by atoms with Crippen LogP contribution in [0.5, 0.6) is 11.5 Å². The van der Waals surface area contributed by atoms with Gasteiger partial charge in [0.15, 0.2) is 21.3 Å². The van der Waals surface area contributed by atoms with Gasteiger partial charge in [-0.05, 0) is 31.0 Å². The average molecular weight is 423 g/mol. The summed E-state index contributed by atoms with van der Waals surface area (Å²) in [6.45, 7) is 1.18. The van der Waals surface area contributed by atoms with Gasteiger partial charge >= 0.3 is 6.03 Å². The average Bonchev–Trinajstić information content (AvgIpc) is 3.34. The summed E-state index contributed by atoms with van der Waals surface area (Å²) in [6.07, 6.45) is 0.347. The van der Waals surface area contributed by atoms with E-state index < -0.39 is 45.8 Å². The topological polar surface area (TPSA) is 122 Å². The van der Waals surface area contributed by atoms with Crippen LogP contribution >= 0.6 is 0 Å². The molecule has 156 valence electrons. The second-order valence-electron chi connectivity index (χ2n) is 7.58. The van der Waals surface area contributed by atoms with Crippen molar-refractivity contribution in [3.8, 4) is 11.5 Å². The van der Waals surface area contributed by atoms with Gasteiger partial charge in [0, 0.05) is 13.1 Å². The lowest BCUT2D eigenvalue weighted by atomic mass is 9.91. The molecule has 2 atom stereocenters. The zero-order valence-electron chi connectivity index (χ0n) is 16.0. The Morgan fingerprint density at radius 3 is 2.72 bits per heavy atom. The first-order valence-corrected chi connectivity index (χ1v) is 10.9. The number of nitrogens with zero attached hydrogens (tertiary/aromatic N) is 2. The van der Waals surface area contributed by atoms with E-state index in [0.717, 1.165) is 4.90 Å². The number of carbonyl (C=O) groups is 3. The van der Waals surface area contributed by atoms with Gasteiger partial charge in [0.05, 0.1) is 11.5 Å². The molecule has 0 spiro atoms. The third kappa shape index (κ3) is 3.28. The Labute approximate surface area is 167 Å². The number of imide groups is 1. The van der Waals surface area contributed by atoms with E-state index in [9.17, 15) is 22.8 Å². The van der Waals surface area contributed by atoms with Gasteiger partial charge in [0.2, 0.25) is 12.7 Å². The number of carbonyl (C=O) groups excluding carboxylic acids is 3. The smallest absolute Gasteiger partial charge is 0.325 e. The molecule has 4 rings (SSSR count). The van der Waals surface area contributed by atoms with Crippen molar-refractivity contribution in [3.63, 3.8) is 0 Å². The minimum Gasteiger partial charge on any atom is -0.454 e. The molecule has 2 saturated heterocycles. The molecule has 4 amide bonds. The highest BCUT2D eigenvalue weighted by atomic mass is 32.2. The highest BCUT2D eigenvalue weighted by molar-refractivity contribution is 7.91. The van der Waals surface area contributed by atoms with Gasteiger partial charge in [-0.25, -0.2) is 13.2 Å². The highest BCUT2D eigenvalue weighted by Crippen LogP contribution is 2.37. The minimum absolute atomic E-state index is 0.0284. The molecule has 2 fully saturated rings. The monoisotopic (exact) mass is 423 g/mol. The van der Waals surface area contributed by atoms with Crippen molar-refractivity contribution in [2.75, 3.05) is 31.9 Å². The quantitative estimate of drug-likeness (QED) is 0.667. The number of amides is 4. The molecule has 0 unspecified atom stereocenters. The molecule has 11 heteroatoms. The van der Waals surface area contributed by atoms with Crippen molar-refractivity contribution in [1.82, 2.24) is 15.1 Å². The van der Waals surface area contributed by atoms with E-state index in [-0.39, 0.29) is 18.3 Å². The lowest BCUT2D eigenvalue weighted by Crippen LogP contribution is -2.46. The van der Waals surface area contributed by atoms with Gasteiger partial charge in [-0.15, -0.1) is 0 Å². The Balaban J connectivity index is 1.50. The predicted octanol–water partition coefficient (Wildman–Crippen LogP) is -0.172. The summed E-state index contributed by atoms with van der Waals surface area (Å²) in [4.78, 5) is 40.3. The molecule has 10 nitrogen and oxygen atoms in total. The van der Waals surface area contributed by atoms with E-state index >= 15 is 0 Å². The second-order valence-corrected chi connectivity index (χ2v) is 9.80. The number of ether oxygens (including phenoxy) is 2. The van der Waals surface area contributed by atoms with Crippen LogP contribution in [0.1, 0.15) is 18.9 Å². The zero-order valence-corrected chi connectivity index (χ0v) is 16.8. The minimum atomic E-state index is -3.16. The van der Waals surface area contributed by atoms with Crippen LogP contribution in [0.15, 0.2) is 18.2 Å². The molecular formula is C18H21N3O7S. The number of urea groups is 1. The van der Waals surface area contributed by atoms with Crippen LogP contribution in [-0.2, 0) is 25.0 Å². The molecule has 1 N–H and O–H groups in total. The Kier molecular flexibility index (Phi) is 4.45. The van der Waals surface area contributed by atoms with E-state index in [1.54, 1.807) is 25.1 Å². The fourth-order valence-electron chi connectivity index (χ4n) is 3.78. The first-order chi connectivity index (χ1) is 13.6. The van der Waals surface area contributed by atoms with Gasteiger partial charge < -0.3 is 19.7 Å². The normalized spacial score (nSPS) is 27.2. The molecule has 3 aliphatic heterocycles. The first-order valence-electron chi connectivity index (χ1n) is 9.11. The standard InChI is InChI=1S/C18H21N3O7S/c1-18(11-3-4-13-14(7-11)28-10-27-13)16(23)21(17(24)19-18)8-15(22)20(2)12-5-6-29(25,26)9-12/h3-4,7,12H,5-6,8-10H2,1-2H3,(H,19,24)/t12-,18+/m1/s1. The number of hydrogen-bond donors (Lipinski definition) is 1. The maximum absolute atomic E-state index is 13.0. The molecule has 1 aromatic rings. The number of sulfone groups is 1. The van der Waals surface area contributed by atoms with E-state index in [1.165, 1.54) is 11.9 Å². The van der Waals surface area contributed by atoms with E-state index in [1.807, 2.05) is 0 Å². The summed E-state index contributed by atoms with van der Waals surface area (Å²) in [7, 11) is -1.67. The molecule has 3 heterocycles. The maximum atomic E-state index is 13.0. The maximum Gasteiger partial charge on any atom is 0.325 e. The van der Waals surface area contributed by atoms with E-state index in [2.05, 4.69) is 5.32 Å². The fraction of sp³-hybridized carbons (Fsp3) is 0.500. The van der Waals surface area contributed by atoms with Crippen molar-refractivity contribution >= 4 is 27.7 Å². The third-order valence-electron chi connectivity index (χ3n) is 5.67. The van der Waals surface area contributed by atoms with Gasteiger partial charge in [0.25, 0.3) is 5.91 Å². The Bertz CT molecular complexity index is 1010. The number of rotatable bonds is 4. The largest absolute Gasteiger partial charge is 0.454 e. The van der Waals surface area contributed by atoms with Crippen LogP contribution in [-0.4, -0.2) is 74.0 Å². The van der Waals surface area contributed by atoms with Crippen molar-refractivity contribution < 1.29 is 32.3 Å². The number of nitrogens with one attached hydrogen (secondary N) is 1. The van der Waals surface area contributed by atoms with Crippen molar-refractivity contribution in [2.45, 2.75) is 24.9 Å². The first kappa shape index (κ1) is 19.5. The molecule has 0 radical (unpaired) electrons. The van der Waals surface area contributed by atoms with E-state index in [4.69, 9.17) is 9.47 Å². The molecular weight excluding hydrogens is 402 g/mol. The van der Waals surface area contributed by atoms with Crippen molar-refractivity contribution in [2.24, 2.45) is 0 Å². The second kappa shape index (κ2) is 6.61.